The zero-order valence-electron chi connectivity index (χ0n) is 10.00. The van der Waals surface area contributed by atoms with E-state index in [9.17, 15) is 9.59 Å². The standard InChI is InChI=1S/C13H21NO2/c1-14-12(15)6-5-11-8-9-3-2-4-10(7-9)13(11)16/h9-11H,2-8H2,1H3,(H,14,15). The van der Waals surface area contributed by atoms with Gasteiger partial charge in [0.2, 0.25) is 5.91 Å². The van der Waals surface area contributed by atoms with Crippen molar-refractivity contribution in [1.82, 2.24) is 5.32 Å². The van der Waals surface area contributed by atoms with Crippen molar-refractivity contribution < 1.29 is 9.59 Å². The van der Waals surface area contributed by atoms with Gasteiger partial charge in [0.15, 0.2) is 0 Å². The Labute approximate surface area is 97.0 Å². The number of carbonyl (C=O) groups is 2. The SMILES string of the molecule is CNC(=O)CCC1CC2CCCC(C2)C1=O. The first kappa shape index (κ1) is 11.6. The summed E-state index contributed by atoms with van der Waals surface area (Å²) in [5, 5.41) is 2.62. The molecule has 1 amide bonds. The molecule has 90 valence electrons. The molecular formula is C13H21NO2. The third kappa shape index (κ3) is 2.45. The van der Waals surface area contributed by atoms with Crippen molar-refractivity contribution in [3.63, 3.8) is 0 Å². The third-order valence-electron chi connectivity index (χ3n) is 4.20. The van der Waals surface area contributed by atoms with Crippen LogP contribution in [0.2, 0.25) is 0 Å². The second kappa shape index (κ2) is 4.98. The molecule has 1 N–H and O–H groups in total. The Morgan fingerprint density at radius 1 is 1.38 bits per heavy atom. The van der Waals surface area contributed by atoms with Crippen LogP contribution < -0.4 is 5.32 Å². The summed E-state index contributed by atoms with van der Waals surface area (Å²) in [5.41, 5.74) is 0. The van der Waals surface area contributed by atoms with E-state index in [1.165, 1.54) is 12.8 Å². The lowest BCUT2D eigenvalue weighted by atomic mass is 9.66. The molecule has 0 saturated heterocycles. The van der Waals surface area contributed by atoms with E-state index in [0.29, 0.717) is 18.1 Å². The molecule has 3 nitrogen and oxygen atoms in total. The first-order valence-corrected chi connectivity index (χ1v) is 6.45. The van der Waals surface area contributed by atoms with E-state index in [-0.39, 0.29) is 11.8 Å². The summed E-state index contributed by atoms with van der Waals surface area (Å²) >= 11 is 0. The first-order chi connectivity index (χ1) is 7.70. The van der Waals surface area contributed by atoms with Gasteiger partial charge in [-0.2, -0.15) is 0 Å². The van der Waals surface area contributed by atoms with Crippen molar-refractivity contribution in [2.45, 2.75) is 44.9 Å². The number of nitrogens with one attached hydrogen (secondary N) is 1. The first-order valence-electron chi connectivity index (χ1n) is 6.45. The maximum atomic E-state index is 12.1. The quantitative estimate of drug-likeness (QED) is 0.794. The molecule has 0 heterocycles. The van der Waals surface area contributed by atoms with E-state index in [2.05, 4.69) is 5.32 Å². The van der Waals surface area contributed by atoms with Crippen LogP contribution in [-0.4, -0.2) is 18.7 Å². The van der Waals surface area contributed by atoms with Gasteiger partial charge in [-0.1, -0.05) is 12.8 Å². The molecule has 0 radical (unpaired) electrons. The summed E-state index contributed by atoms with van der Waals surface area (Å²) in [7, 11) is 1.65. The Morgan fingerprint density at radius 3 is 2.94 bits per heavy atom. The molecule has 3 unspecified atom stereocenters. The lowest BCUT2D eigenvalue weighted by molar-refractivity contribution is -0.132. The van der Waals surface area contributed by atoms with E-state index >= 15 is 0 Å². The number of Topliss-reactive ketones (excluding diaryl/α,β-unsaturated/α-hetero) is 1. The van der Waals surface area contributed by atoms with E-state index in [1.54, 1.807) is 7.05 Å². The van der Waals surface area contributed by atoms with E-state index in [4.69, 9.17) is 0 Å². The summed E-state index contributed by atoms with van der Waals surface area (Å²) < 4.78 is 0. The van der Waals surface area contributed by atoms with Gasteiger partial charge in [-0.15, -0.1) is 0 Å². The zero-order valence-corrected chi connectivity index (χ0v) is 10.00. The van der Waals surface area contributed by atoms with Gasteiger partial charge in [-0.05, 0) is 31.6 Å². The molecule has 3 atom stereocenters. The topological polar surface area (TPSA) is 46.2 Å². The maximum absolute atomic E-state index is 12.1. The molecule has 2 aliphatic rings. The molecule has 16 heavy (non-hydrogen) atoms. The Balaban J connectivity index is 1.89. The average Bonchev–Trinajstić information content (AvgIpc) is 2.32. The molecule has 2 bridgehead atoms. The van der Waals surface area contributed by atoms with Gasteiger partial charge in [-0.3, -0.25) is 9.59 Å². The van der Waals surface area contributed by atoms with Crippen LogP contribution in [-0.2, 0) is 9.59 Å². The molecule has 0 spiro atoms. The number of rotatable bonds is 3. The fraction of sp³-hybridized carbons (Fsp3) is 0.846. The van der Waals surface area contributed by atoms with Crippen LogP contribution in [0.4, 0.5) is 0 Å². The van der Waals surface area contributed by atoms with Gasteiger partial charge in [0.1, 0.15) is 5.78 Å². The predicted octanol–water partition coefficient (Wildman–Crippen LogP) is 1.91. The van der Waals surface area contributed by atoms with Crippen LogP contribution in [0.15, 0.2) is 0 Å². The summed E-state index contributed by atoms with van der Waals surface area (Å²) in [5.74, 6) is 1.75. The van der Waals surface area contributed by atoms with Gasteiger partial charge >= 0.3 is 0 Å². The highest BCUT2D eigenvalue weighted by atomic mass is 16.1. The molecule has 2 rings (SSSR count). The van der Waals surface area contributed by atoms with Crippen LogP contribution in [0.5, 0.6) is 0 Å². The second-order valence-corrected chi connectivity index (χ2v) is 5.28. The molecule has 2 fully saturated rings. The Morgan fingerprint density at radius 2 is 2.19 bits per heavy atom. The zero-order chi connectivity index (χ0) is 11.5. The molecule has 2 aliphatic carbocycles. The molecule has 0 aromatic carbocycles. The summed E-state index contributed by atoms with van der Waals surface area (Å²) in [6, 6.07) is 0. The normalized spacial score (nSPS) is 33.6. The van der Waals surface area contributed by atoms with Crippen molar-refractivity contribution in [3.8, 4) is 0 Å². The predicted molar refractivity (Wildman–Crippen MR) is 61.9 cm³/mol. The monoisotopic (exact) mass is 223 g/mol. The Kier molecular flexibility index (Phi) is 3.62. The lowest BCUT2D eigenvalue weighted by Gasteiger charge is -2.37. The second-order valence-electron chi connectivity index (χ2n) is 5.28. The van der Waals surface area contributed by atoms with Gasteiger partial charge < -0.3 is 5.32 Å². The van der Waals surface area contributed by atoms with Crippen molar-refractivity contribution >= 4 is 11.7 Å². The number of carbonyl (C=O) groups excluding carboxylic acids is 2. The Bertz CT molecular complexity index is 288. The average molecular weight is 223 g/mol. The molecule has 0 aromatic heterocycles. The minimum Gasteiger partial charge on any atom is -0.359 e. The van der Waals surface area contributed by atoms with E-state index in [1.807, 2.05) is 0 Å². The molecular weight excluding hydrogens is 202 g/mol. The van der Waals surface area contributed by atoms with E-state index < -0.39 is 0 Å². The highest BCUT2D eigenvalue weighted by Crippen LogP contribution is 2.41. The number of amides is 1. The van der Waals surface area contributed by atoms with Crippen LogP contribution in [0, 0.1) is 17.8 Å². The van der Waals surface area contributed by atoms with E-state index in [0.717, 1.165) is 31.6 Å². The van der Waals surface area contributed by atoms with Gasteiger partial charge in [-0.25, -0.2) is 0 Å². The fourth-order valence-electron chi connectivity index (χ4n) is 3.31. The summed E-state index contributed by atoms with van der Waals surface area (Å²) in [6.07, 6.45) is 7.02. The largest absolute Gasteiger partial charge is 0.359 e. The number of hydrogen-bond acceptors (Lipinski definition) is 2. The number of ketones is 1. The van der Waals surface area contributed by atoms with Crippen LogP contribution in [0.1, 0.15) is 44.9 Å². The van der Waals surface area contributed by atoms with Crippen molar-refractivity contribution in [2.75, 3.05) is 7.05 Å². The number of hydrogen-bond donors (Lipinski definition) is 1. The third-order valence-corrected chi connectivity index (χ3v) is 4.20. The summed E-state index contributed by atoms with van der Waals surface area (Å²) in [4.78, 5) is 23.3. The smallest absolute Gasteiger partial charge is 0.219 e. The van der Waals surface area contributed by atoms with Crippen molar-refractivity contribution in [3.05, 3.63) is 0 Å². The van der Waals surface area contributed by atoms with Crippen LogP contribution in [0.3, 0.4) is 0 Å². The van der Waals surface area contributed by atoms with Crippen LogP contribution >= 0.6 is 0 Å². The minimum absolute atomic E-state index is 0.0588. The molecule has 2 saturated carbocycles. The summed E-state index contributed by atoms with van der Waals surface area (Å²) in [6.45, 7) is 0. The lowest BCUT2D eigenvalue weighted by Crippen LogP contribution is -2.36. The highest BCUT2D eigenvalue weighted by Gasteiger charge is 2.38. The Hall–Kier alpha value is -0.860. The maximum Gasteiger partial charge on any atom is 0.219 e. The molecule has 0 aromatic rings. The van der Waals surface area contributed by atoms with Crippen molar-refractivity contribution in [2.24, 2.45) is 17.8 Å². The molecule has 3 heteroatoms. The minimum atomic E-state index is 0.0588. The van der Waals surface area contributed by atoms with Crippen molar-refractivity contribution in [1.29, 1.82) is 0 Å². The number of fused-ring (bicyclic) bond motifs is 2. The van der Waals surface area contributed by atoms with Gasteiger partial charge in [0.05, 0.1) is 0 Å². The van der Waals surface area contributed by atoms with Gasteiger partial charge in [0, 0.05) is 25.3 Å². The highest BCUT2D eigenvalue weighted by molar-refractivity contribution is 5.85. The van der Waals surface area contributed by atoms with Gasteiger partial charge in [0.25, 0.3) is 0 Å². The van der Waals surface area contributed by atoms with Crippen LogP contribution in [0.25, 0.3) is 0 Å². The fourth-order valence-corrected chi connectivity index (χ4v) is 3.31. The molecule has 0 aliphatic heterocycles.